The van der Waals surface area contributed by atoms with E-state index in [0.29, 0.717) is 11.1 Å². The van der Waals surface area contributed by atoms with Gasteiger partial charge in [0.15, 0.2) is 5.78 Å². The molecular formula is C35H28ClN3O. The van der Waals surface area contributed by atoms with Crippen molar-refractivity contribution in [2.24, 2.45) is 0 Å². The number of pyridine rings is 1. The molecule has 5 rings (SSSR count). The van der Waals surface area contributed by atoms with E-state index in [9.17, 15) is 4.79 Å². The van der Waals surface area contributed by atoms with Crippen LogP contribution in [-0.4, -0.2) is 20.5 Å². The summed E-state index contributed by atoms with van der Waals surface area (Å²) in [5.41, 5.74) is 7.24. The Kier molecular flexibility index (Phi) is 7.99. The maximum Gasteiger partial charge on any atom is 0.194 e. The van der Waals surface area contributed by atoms with Gasteiger partial charge in [-0.2, -0.15) is 5.10 Å². The lowest BCUT2D eigenvalue weighted by molar-refractivity contribution is 0.103. The Bertz CT molecular complexity index is 1570. The van der Waals surface area contributed by atoms with Gasteiger partial charge >= 0.3 is 0 Å². The Morgan fingerprint density at radius 3 is 1.85 bits per heavy atom. The van der Waals surface area contributed by atoms with E-state index < -0.39 is 5.54 Å². The minimum Gasteiger partial charge on any atom is -0.289 e. The zero-order chi connectivity index (χ0) is 28.0. The first-order valence-corrected chi connectivity index (χ1v) is 13.4. The molecule has 0 aliphatic rings. The number of allylic oxidation sites excluding steroid dienone is 4. The summed E-state index contributed by atoms with van der Waals surface area (Å²) in [6, 6.07) is 34.9. The number of aryl methyl sites for hydroxylation is 1. The number of hydrogen-bond acceptors (Lipinski definition) is 3. The summed E-state index contributed by atoms with van der Waals surface area (Å²) in [7, 11) is 0. The second kappa shape index (κ2) is 11.9. The predicted octanol–water partition coefficient (Wildman–Crippen LogP) is 8.14. The molecule has 0 saturated carbocycles. The summed E-state index contributed by atoms with van der Waals surface area (Å²) in [5.74, 6) is -0.174. The highest BCUT2D eigenvalue weighted by atomic mass is 35.5. The molecule has 5 aromatic rings. The number of nitrogens with zero attached hydrogens (tertiary/aromatic N) is 3. The van der Waals surface area contributed by atoms with Gasteiger partial charge in [-0.15, -0.1) is 0 Å². The van der Waals surface area contributed by atoms with Crippen LogP contribution in [0.3, 0.4) is 0 Å². The van der Waals surface area contributed by atoms with Crippen molar-refractivity contribution >= 4 is 17.4 Å². The van der Waals surface area contributed by atoms with Crippen molar-refractivity contribution in [3.63, 3.8) is 0 Å². The van der Waals surface area contributed by atoms with Gasteiger partial charge in [0.1, 0.15) is 5.54 Å². The van der Waals surface area contributed by atoms with Gasteiger partial charge in [-0.05, 0) is 35.7 Å². The highest BCUT2D eigenvalue weighted by molar-refractivity contribution is 6.25. The number of carbonyl (C=O) groups excluding carboxylic acids is 1. The molecule has 0 unspecified atom stereocenters. The Labute approximate surface area is 239 Å². The molecule has 3 aromatic carbocycles. The highest BCUT2D eigenvalue weighted by Gasteiger charge is 2.39. The number of halogens is 1. The molecule has 0 bridgehead atoms. The fraction of sp³-hybridized carbons (Fsp3) is 0.0571. The second-order valence-electron chi connectivity index (χ2n) is 9.29. The SMILES string of the molecule is C=C/C(=C\C=C\Cl)C(=O)c1ccc(-c2cn(C(c3ccccc3)(c3ccccc3)c3ccccc3)nc2C)nc1. The van der Waals surface area contributed by atoms with Gasteiger partial charge in [0, 0.05) is 34.6 Å². The Morgan fingerprint density at radius 2 is 1.40 bits per heavy atom. The summed E-state index contributed by atoms with van der Waals surface area (Å²) in [4.78, 5) is 17.6. The number of aromatic nitrogens is 3. The van der Waals surface area contributed by atoms with Gasteiger partial charge in [-0.1, -0.05) is 127 Å². The summed E-state index contributed by atoms with van der Waals surface area (Å²) in [6.07, 6.45) is 8.37. The van der Waals surface area contributed by atoms with Crippen molar-refractivity contribution in [1.29, 1.82) is 0 Å². The van der Waals surface area contributed by atoms with Crippen molar-refractivity contribution in [3.05, 3.63) is 179 Å². The van der Waals surface area contributed by atoms with E-state index in [1.54, 1.807) is 24.4 Å². The Morgan fingerprint density at radius 1 is 0.850 bits per heavy atom. The zero-order valence-corrected chi connectivity index (χ0v) is 22.9. The van der Waals surface area contributed by atoms with Gasteiger partial charge in [0.05, 0.1) is 11.4 Å². The monoisotopic (exact) mass is 541 g/mol. The van der Waals surface area contributed by atoms with Crippen molar-refractivity contribution < 1.29 is 4.79 Å². The molecule has 2 aromatic heterocycles. The number of benzene rings is 3. The summed E-state index contributed by atoms with van der Waals surface area (Å²) in [6.45, 7) is 5.72. The topological polar surface area (TPSA) is 47.8 Å². The number of Topliss-reactive ketones (excluding diaryl/α,β-unsaturated/α-hetero) is 1. The van der Waals surface area contributed by atoms with Gasteiger partial charge in [0.2, 0.25) is 0 Å². The molecule has 2 heterocycles. The van der Waals surface area contributed by atoms with Crippen LogP contribution >= 0.6 is 11.6 Å². The van der Waals surface area contributed by atoms with E-state index in [2.05, 4.69) is 84.4 Å². The summed E-state index contributed by atoms with van der Waals surface area (Å²) < 4.78 is 2.04. The zero-order valence-electron chi connectivity index (χ0n) is 22.1. The fourth-order valence-electron chi connectivity index (χ4n) is 5.05. The molecule has 0 aliphatic carbocycles. The first-order chi connectivity index (χ1) is 19.6. The van der Waals surface area contributed by atoms with Crippen molar-refractivity contribution in [3.8, 4) is 11.3 Å². The van der Waals surface area contributed by atoms with Crippen LogP contribution in [0.15, 0.2) is 151 Å². The van der Waals surface area contributed by atoms with E-state index in [1.807, 2.05) is 42.1 Å². The van der Waals surface area contributed by atoms with E-state index in [0.717, 1.165) is 33.6 Å². The molecule has 0 N–H and O–H groups in total. The average Bonchev–Trinajstić information content (AvgIpc) is 3.41. The van der Waals surface area contributed by atoms with Crippen molar-refractivity contribution in [2.45, 2.75) is 12.5 Å². The molecule has 40 heavy (non-hydrogen) atoms. The minimum atomic E-state index is -0.720. The molecule has 0 spiro atoms. The molecule has 196 valence electrons. The predicted molar refractivity (Wildman–Crippen MR) is 162 cm³/mol. The lowest BCUT2D eigenvalue weighted by atomic mass is 9.77. The van der Waals surface area contributed by atoms with Crippen molar-refractivity contribution in [2.75, 3.05) is 0 Å². The summed E-state index contributed by atoms with van der Waals surface area (Å²) in [5, 5.41) is 5.09. The van der Waals surface area contributed by atoms with Gasteiger partial charge in [-0.25, -0.2) is 0 Å². The van der Waals surface area contributed by atoms with Crippen molar-refractivity contribution in [1.82, 2.24) is 14.8 Å². The standard InChI is InChI=1S/C35H28ClN3O/c1-3-27(14-13-23-36)34(40)28-21-22-33(37-24-28)32-25-39(38-26(32)2)35(29-15-7-4-8-16-29,30-17-9-5-10-18-30)31-19-11-6-12-20-31/h3-25H,1H2,2H3/b23-13+,27-14+. The maximum absolute atomic E-state index is 12.9. The third-order valence-electron chi connectivity index (χ3n) is 6.95. The summed E-state index contributed by atoms with van der Waals surface area (Å²) >= 11 is 5.62. The van der Waals surface area contributed by atoms with E-state index in [4.69, 9.17) is 16.7 Å². The Balaban J connectivity index is 1.65. The second-order valence-corrected chi connectivity index (χ2v) is 9.54. The van der Waals surface area contributed by atoms with Crippen LogP contribution in [0.25, 0.3) is 11.3 Å². The fourth-order valence-corrected chi connectivity index (χ4v) is 5.12. The van der Waals surface area contributed by atoms with Gasteiger partial charge in [0.25, 0.3) is 0 Å². The van der Waals surface area contributed by atoms with E-state index in [-0.39, 0.29) is 5.78 Å². The lowest BCUT2D eigenvalue weighted by Gasteiger charge is -2.36. The molecule has 0 radical (unpaired) electrons. The molecular weight excluding hydrogens is 514 g/mol. The van der Waals surface area contributed by atoms with Crippen LogP contribution < -0.4 is 0 Å². The normalized spacial score (nSPS) is 12.0. The third-order valence-corrected chi connectivity index (χ3v) is 7.09. The maximum atomic E-state index is 12.9. The molecule has 4 nitrogen and oxygen atoms in total. The molecule has 0 amide bonds. The van der Waals surface area contributed by atoms with Crippen LogP contribution in [0.2, 0.25) is 0 Å². The molecule has 5 heteroatoms. The highest BCUT2D eigenvalue weighted by Crippen LogP contribution is 2.41. The number of ketones is 1. The van der Waals surface area contributed by atoms with Crippen LogP contribution in [-0.2, 0) is 5.54 Å². The first-order valence-electron chi connectivity index (χ1n) is 12.9. The lowest BCUT2D eigenvalue weighted by Crippen LogP contribution is -2.38. The van der Waals surface area contributed by atoms with Crippen LogP contribution in [0.1, 0.15) is 32.7 Å². The number of carbonyl (C=O) groups is 1. The van der Waals surface area contributed by atoms with Crippen LogP contribution in [0.5, 0.6) is 0 Å². The largest absolute Gasteiger partial charge is 0.289 e. The molecule has 0 fully saturated rings. The van der Waals surface area contributed by atoms with Gasteiger partial charge < -0.3 is 0 Å². The minimum absolute atomic E-state index is 0.174. The quantitative estimate of drug-likeness (QED) is 0.0818. The third kappa shape index (κ3) is 4.97. The molecule has 0 atom stereocenters. The van der Waals surface area contributed by atoms with Crippen LogP contribution in [0, 0.1) is 6.92 Å². The smallest absolute Gasteiger partial charge is 0.194 e. The molecule has 0 aliphatic heterocycles. The van der Waals surface area contributed by atoms with Gasteiger partial charge in [-0.3, -0.25) is 14.5 Å². The number of hydrogen-bond donors (Lipinski definition) is 0. The number of rotatable bonds is 9. The van der Waals surface area contributed by atoms with E-state index >= 15 is 0 Å². The van der Waals surface area contributed by atoms with Crippen LogP contribution in [0.4, 0.5) is 0 Å². The first kappa shape index (κ1) is 26.8. The molecule has 0 saturated heterocycles. The Hall–Kier alpha value is -4.80. The van der Waals surface area contributed by atoms with E-state index in [1.165, 1.54) is 11.6 Å². The average molecular weight is 542 g/mol.